The quantitative estimate of drug-likeness (QED) is 0.593. The minimum absolute atomic E-state index is 0.476. The van der Waals surface area contributed by atoms with Crippen molar-refractivity contribution in [3.63, 3.8) is 0 Å². The minimum Gasteiger partial charge on any atom is -0.322 e. The molecule has 0 unspecified atom stereocenters. The highest BCUT2D eigenvalue weighted by atomic mass is 35.5. The summed E-state index contributed by atoms with van der Waals surface area (Å²) in [5.74, 6) is 1.11. The summed E-state index contributed by atoms with van der Waals surface area (Å²) in [5.41, 5.74) is 3.47. The minimum atomic E-state index is 0.476. The van der Waals surface area contributed by atoms with Crippen LogP contribution in [0.5, 0.6) is 0 Å². The van der Waals surface area contributed by atoms with Crippen LogP contribution < -0.4 is 0 Å². The van der Waals surface area contributed by atoms with E-state index in [0.717, 1.165) is 29.5 Å². The fourth-order valence-electron chi connectivity index (χ4n) is 3.32. The molecule has 1 aromatic heterocycles. The molecule has 0 amide bonds. The van der Waals surface area contributed by atoms with Gasteiger partial charge in [0.15, 0.2) is 0 Å². The highest BCUT2D eigenvalue weighted by Gasteiger charge is 2.18. The molecule has 3 aromatic rings. The molecule has 0 atom stereocenters. The van der Waals surface area contributed by atoms with Crippen molar-refractivity contribution in [1.82, 2.24) is 14.5 Å². The van der Waals surface area contributed by atoms with Gasteiger partial charge in [0.25, 0.3) is 0 Å². The molecule has 3 nitrogen and oxygen atoms in total. The third kappa shape index (κ3) is 4.05. The van der Waals surface area contributed by atoms with Crippen molar-refractivity contribution in [3.05, 3.63) is 64.9 Å². The van der Waals surface area contributed by atoms with E-state index in [1.54, 1.807) is 0 Å². The van der Waals surface area contributed by atoms with Crippen LogP contribution in [0, 0.1) is 0 Å². The molecule has 2 aromatic carbocycles. The fourth-order valence-corrected chi connectivity index (χ4v) is 3.45. The topological polar surface area (TPSA) is 21.1 Å². The van der Waals surface area contributed by atoms with Gasteiger partial charge in [0.2, 0.25) is 0 Å². The number of para-hydroxylation sites is 2. The molecule has 0 radical (unpaired) electrons. The molecule has 0 aliphatic carbocycles. The molecule has 4 heteroatoms. The van der Waals surface area contributed by atoms with Crippen molar-refractivity contribution in [2.75, 3.05) is 0 Å². The van der Waals surface area contributed by atoms with Crippen molar-refractivity contribution in [2.45, 2.75) is 52.9 Å². The molecule has 25 heavy (non-hydrogen) atoms. The first-order valence-corrected chi connectivity index (χ1v) is 9.28. The van der Waals surface area contributed by atoms with Gasteiger partial charge >= 0.3 is 0 Å². The monoisotopic (exact) mass is 355 g/mol. The predicted molar refractivity (Wildman–Crippen MR) is 106 cm³/mol. The molecule has 0 aliphatic heterocycles. The van der Waals surface area contributed by atoms with Gasteiger partial charge in [-0.1, -0.05) is 35.9 Å². The average Bonchev–Trinajstić information content (AvgIpc) is 2.92. The van der Waals surface area contributed by atoms with Gasteiger partial charge in [-0.2, -0.15) is 0 Å². The molecule has 0 bridgehead atoms. The van der Waals surface area contributed by atoms with E-state index in [1.807, 2.05) is 12.1 Å². The number of aromatic nitrogens is 2. The van der Waals surface area contributed by atoms with Crippen LogP contribution in [0.15, 0.2) is 48.5 Å². The number of imidazole rings is 1. The SMILES string of the molecule is CC(C)N(Cc1nc2ccccc2n1Cc1ccc(Cl)cc1)C(C)C. The van der Waals surface area contributed by atoms with Crippen LogP contribution >= 0.6 is 11.6 Å². The van der Waals surface area contributed by atoms with E-state index in [1.165, 1.54) is 11.1 Å². The maximum absolute atomic E-state index is 6.03. The predicted octanol–water partition coefficient (Wildman–Crippen LogP) is 5.36. The number of nitrogens with zero attached hydrogens (tertiary/aromatic N) is 3. The summed E-state index contributed by atoms with van der Waals surface area (Å²) >= 11 is 6.03. The van der Waals surface area contributed by atoms with Crippen molar-refractivity contribution >= 4 is 22.6 Å². The molecule has 3 rings (SSSR count). The summed E-state index contributed by atoms with van der Waals surface area (Å²) in [4.78, 5) is 7.40. The Bertz CT molecular complexity index is 826. The van der Waals surface area contributed by atoms with Crippen LogP contribution in [0.4, 0.5) is 0 Å². The largest absolute Gasteiger partial charge is 0.322 e. The Balaban J connectivity index is 2.01. The Hall–Kier alpha value is -1.84. The van der Waals surface area contributed by atoms with Crippen LogP contribution in [-0.2, 0) is 13.1 Å². The molecular formula is C21H26ClN3. The summed E-state index contributed by atoms with van der Waals surface area (Å²) in [5, 5.41) is 0.769. The van der Waals surface area contributed by atoms with E-state index in [0.29, 0.717) is 12.1 Å². The second kappa shape index (κ2) is 7.59. The first-order chi connectivity index (χ1) is 12.0. The van der Waals surface area contributed by atoms with Gasteiger partial charge < -0.3 is 4.57 Å². The molecule has 132 valence electrons. The van der Waals surface area contributed by atoms with Crippen LogP contribution in [-0.4, -0.2) is 26.5 Å². The third-order valence-electron chi connectivity index (χ3n) is 4.64. The maximum atomic E-state index is 6.03. The lowest BCUT2D eigenvalue weighted by atomic mass is 10.2. The van der Waals surface area contributed by atoms with Gasteiger partial charge in [-0.05, 0) is 57.5 Å². The van der Waals surface area contributed by atoms with E-state index < -0.39 is 0 Å². The molecular weight excluding hydrogens is 330 g/mol. The zero-order valence-electron chi connectivity index (χ0n) is 15.4. The Kier molecular flexibility index (Phi) is 5.45. The summed E-state index contributed by atoms with van der Waals surface area (Å²) in [6.45, 7) is 10.6. The number of halogens is 1. The van der Waals surface area contributed by atoms with Gasteiger partial charge in [0, 0.05) is 23.7 Å². The number of hydrogen-bond donors (Lipinski definition) is 0. The molecule has 0 N–H and O–H groups in total. The zero-order valence-corrected chi connectivity index (χ0v) is 16.2. The summed E-state index contributed by atoms with van der Waals surface area (Å²) in [6, 6.07) is 17.4. The molecule has 0 spiro atoms. The van der Waals surface area contributed by atoms with E-state index in [9.17, 15) is 0 Å². The van der Waals surface area contributed by atoms with Crippen molar-refractivity contribution < 1.29 is 0 Å². The smallest absolute Gasteiger partial charge is 0.124 e. The average molecular weight is 356 g/mol. The molecule has 0 saturated heterocycles. The summed E-state index contributed by atoms with van der Waals surface area (Å²) in [6.07, 6.45) is 0. The lowest BCUT2D eigenvalue weighted by Crippen LogP contribution is -2.37. The van der Waals surface area contributed by atoms with Crippen LogP contribution in [0.1, 0.15) is 39.1 Å². The highest BCUT2D eigenvalue weighted by Crippen LogP contribution is 2.21. The van der Waals surface area contributed by atoms with Crippen molar-refractivity contribution in [2.24, 2.45) is 0 Å². The number of hydrogen-bond acceptors (Lipinski definition) is 2. The first kappa shape index (κ1) is 18.0. The van der Waals surface area contributed by atoms with Gasteiger partial charge in [0.05, 0.1) is 17.6 Å². The first-order valence-electron chi connectivity index (χ1n) is 8.90. The fraction of sp³-hybridized carbons (Fsp3) is 0.381. The summed E-state index contributed by atoms with van der Waals surface area (Å²) in [7, 11) is 0. The van der Waals surface area contributed by atoms with Gasteiger partial charge in [0.1, 0.15) is 5.82 Å². The second-order valence-electron chi connectivity index (χ2n) is 7.09. The number of benzene rings is 2. The molecule has 0 fully saturated rings. The normalized spacial score (nSPS) is 12.0. The van der Waals surface area contributed by atoms with E-state index in [2.05, 4.69) is 73.6 Å². The Morgan fingerprint density at radius 2 is 1.60 bits per heavy atom. The number of rotatable bonds is 6. The van der Waals surface area contributed by atoms with E-state index >= 15 is 0 Å². The lowest BCUT2D eigenvalue weighted by molar-refractivity contribution is 0.160. The van der Waals surface area contributed by atoms with Gasteiger partial charge in [-0.25, -0.2) is 4.98 Å². The Morgan fingerprint density at radius 3 is 2.24 bits per heavy atom. The lowest BCUT2D eigenvalue weighted by Gasteiger charge is -2.30. The molecule has 0 saturated carbocycles. The van der Waals surface area contributed by atoms with E-state index in [4.69, 9.17) is 16.6 Å². The second-order valence-corrected chi connectivity index (χ2v) is 7.53. The zero-order chi connectivity index (χ0) is 18.0. The Labute approximate surface area is 155 Å². The van der Waals surface area contributed by atoms with E-state index in [-0.39, 0.29) is 0 Å². The number of fused-ring (bicyclic) bond motifs is 1. The van der Waals surface area contributed by atoms with Crippen molar-refractivity contribution in [3.8, 4) is 0 Å². The standard InChI is InChI=1S/C21H26ClN3/c1-15(2)24(16(3)4)14-21-23-19-7-5-6-8-20(19)25(21)13-17-9-11-18(22)12-10-17/h5-12,15-16H,13-14H2,1-4H3. The van der Waals surface area contributed by atoms with Gasteiger partial charge in [-0.15, -0.1) is 0 Å². The summed E-state index contributed by atoms with van der Waals surface area (Å²) < 4.78 is 2.33. The third-order valence-corrected chi connectivity index (χ3v) is 4.89. The van der Waals surface area contributed by atoms with Crippen LogP contribution in [0.2, 0.25) is 5.02 Å². The van der Waals surface area contributed by atoms with Crippen molar-refractivity contribution in [1.29, 1.82) is 0 Å². The maximum Gasteiger partial charge on any atom is 0.124 e. The van der Waals surface area contributed by atoms with Crippen LogP contribution in [0.25, 0.3) is 11.0 Å². The van der Waals surface area contributed by atoms with Crippen LogP contribution in [0.3, 0.4) is 0 Å². The molecule has 0 aliphatic rings. The molecule has 1 heterocycles. The highest BCUT2D eigenvalue weighted by molar-refractivity contribution is 6.30. The Morgan fingerprint density at radius 1 is 0.960 bits per heavy atom. The van der Waals surface area contributed by atoms with Gasteiger partial charge in [-0.3, -0.25) is 4.90 Å².